The van der Waals surface area contributed by atoms with E-state index >= 15 is 0 Å². The first-order valence-corrected chi connectivity index (χ1v) is 9.58. The minimum Gasteiger partial charge on any atom is -0.315 e. The highest BCUT2D eigenvalue weighted by Crippen LogP contribution is 2.18. The Labute approximate surface area is 146 Å². The molecule has 0 amide bonds. The average Bonchev–Trinajstić information content (AvgIpc) is 3.11. The third kappa shape index (κ3) is 4.62. The number of H-pyrrole nitrogens is 1. The van der Waals surface area contributed by atoms with E-state index in [4.69, 9.17) is 0 Å². The minimum absolute atomic E-state index is 0.222. The lowest BCUT2D eigenvalue weighted by atomic mass is 10.2. The Hall–Kier alpha value is -2.29. The van der Waals surface area contributed by atoms with E-state index in [1.165, 1.54) is 0 Å². The van der Waals surface area contributed by atoms with Crippen molar-refractivity contribution < 1.29 is 8.42 Å². The van der Waals surface area contributed by atoms with Gasteiger partial charge in [-0.15, -0.1) is 0 Å². The minimum atomic E-state index is -3.56. The van der Waals surface area contributed by atoms with Gasteiger partial charge in [0.25, 0.3) is 0 Å². The number of benzene rings is 1. The van der Waals surface area contributed by atoms with E-state index in [9.17, 15) is 8.42 Å². The SMILES string of the molecule is CC(CNCCc1ccn[nH]1)NS(=O)(=O)c1ccc2cnccc2c1. The Kier molecular flexibility index (Phi) is 5.42. The van der Waals surface area contributed by atoms with Gasteiger partial charge in [0.1, 0.15) is 0 Å². The summed E-state index contributed by atoms with van der Waals surface area (Å²) in [5.74, 6) is 0. The van der Waals surface area contributed by atoms with Gasteiger partial charge in [-0.2, -0.15) is 5.10 Å². The molecule has 132 valence electrons. The zero-order chi connectivity index (χ0) is 17.7. The summed E-state index contributed by atoms with van der Waals surface area (Å²) in [7, 11) is -3.56. The maximum absolute atomic E-state index is 12.5. The van der Waals surface area contributed by atoms with Crippen molar-refractivity contribution in [2.24, 2.45) is 0 Å². The standard InChI is InChI=1S/C17H21N5O2S/c1-13(11-18-8-5-16-6-9-20-21-16)22-25(23,24)17-3-2-15-12-19-7-4-14(15)10-17/h2-4,6-7,9-10,12-13,18,22H,5,8,11H2,1H3,(H,20,21). The van der Waals surface area contributed by atoms with E-state index in [1.54, 1.807) is 42.9 Å². The number of rotatable bonds is 8. The van der Waals surface area contributed by atoms with Gasteiger partial charge >= 0.3 is 0 Å². The summed E-state index contributed by atoms with van der Waals surface area (Å²) in [5.41, 5.74) is 1.05. The fraction of sp³-hybridized carbons (Fsp3) is 0.294. The zero-order valence-corrected chi connectivity index (χ0v) is 14.8. The van der Waals surface area contributed by atoms with Crippen molar-refractivity contribution in [3.63, 3.8) is 0 Å². The van der Waals surface area contributed by atoms with Crippen LogP contribution in [0.4, 0.5) is 0 Å². The molecule has 2 heterocycles. The molecule has 2 aromatic heterocycles. The van der Waals surface area contributed by atoms with E-state index < -0.39 is 10.0 Å². The number of aromatic nitrogens is 3. The second-order valence-electron chi connectivity index (χ2n) is 5.94. The first-order valence-electron chi connectivity index (χ1n) is 8.10. The predicted octanol–water partition coefficient (Wildman–Crippen LogP) is 1.46. The van der Waals surface area contributed by atoms with Crippen LogP contribution in [0.25, 0.3) is 10.8 Å². The lowest BCUT2D eigenvalue weighted by Crippen LogP contribution is -2.40. The second kappa shape index (κ2) is 7.73. The number of aromatic amines is 1. The van der Waals surface area contributed by atoms with Crippen LogP contribution in [0.2, 0.25) is 0 Å². The third-order valence-corrected chi connectivity index (χ3v) is 5.45. The molecule has 7 nitrogen and oxygen atoms in total. The molecule has 1 unspecified atom stereocenters. The zero-order valence-electron chi connectivity index (χ0n) is 13.9. The van der Waals surface area contributed by atoms with E-state index in [0.29, 0.717) is 6.54 Å². The number of nitrogens with one attached hydrogen (secondary N) is 3. The van der Waals surface area contributed by atoms with E-state index in [0.717, 1.165) is 29.4 Å². The van der Waals surface area contributed by atoms with Gasteiger partial charge in [-0.25, -0.2) is 13.1 Å². The topological polar surface area (TPSA) is 99.8 Å². The van der Waals surface area contributed by atoms with Crippen LogP contribution in [-0.2, 0) is 16.4 Å². The highest BCUT2D eigenvalue weighted by Gasteiger charge is 2.17. The molecule has 1 aromatic carbocycles. The van der Waals surface area contributed by atoms with Crippen molar-refractivity contribution in [3.8, 4) is 0 Å². The number of fused-ring (bicyclic) bond motifs is 1. The number of sulfonamides is 1. The summed E-state index contributed by atoms with van der Waals surface area (Å²) in [6.45, 7) is 3.13. The normalized spacial score (nSPS) is 13.2. The van der Waals surface area contributed by atoms with Crippen LogP contribution in [0.5, 0.6) is 0 Å². The fourth-order valence-electron chi connectivity index (χ4n) is 2.57. The molecule has 3 aromatic rings. The van der Waals surface area contributed by atoms with Crippen LogP contribution in [0.3, 0.4) is 0 Å². The summed E-state index contributed by atoms with van der Waals surface area (Å²) in [5, 5.41) is 11.8. The van der Waals surface area contributed by atoms with E-state index in [1.807, 2.05) is 13.0 Å². The monoisotopic (exact) mass is 359 g/mol. The van der Waals surface area contributed by atoms with Crippen molar-refractivity contribution in [2.45, 2.75) is 24.3 Å². The summed E-state index contributed by atoms with van der Waals surface area (Å²) >= 11 is 0. The largest absolute Gasteiger partial charge is 0.315 e. The van der Waals surface area contributed by atoms with Crippen LogP contribution in [0, 0.1) is 0 Å². The van der Waals surface area contributed by atoms with Crippen molar-refractivity contribution in [1.29, 1.82) is 0 Å². The Morgan fingerprint density at radius 3 is 2.84 bits per heavy atom. The quantitative estimate of drug-likeness (QED) is 0.529. The molecule has 3 rings (SSSR count). The van der Waals surface area contributed by atoms with Gasteiger partial charge in [0, 0.05) is 55.2 Å². The number of nitrogens with zero attached hydrogens (tertiary/aromatic N) is 2. The van der Waals surface area contributed by atoms with Gasteiger partial charge < -0.3 is 5.32 Å². The molecular formula is C17H21N5O2S. The van der Waals surface area contributed by atoms with Crippen LogP contribution < -0.4 is 10.0 Å². The van der Waals surface area contributed by atoms with Gasteiger partial charge in [0.2, 0.25) is 10.0 Å². The fourth-order valence-corrected chi connectivity index (χ4v) is 3.85. The molecular weight excluding hydrogens is 338 g/mol. The Balaban J connectivity index is 1.56. The molecule has 0 saturated heterocycles. The van der Waals surface area contributed by atoms with Gasteiger partial charge in [-0.05, 0) is 36.6 Å². The third-order valence-electron chi connectivity index (χ3n) is 3.86. The van der Waals surface area contributed by atoms with Gasteiger partial charge in [-0.3, -0.25) is 10.1 Å². The van der Waals surface area contributed by atoms with Crippen LogP contribution in [-0.4, -0.2) is 42.7 Å². The number of pyridine rings is 1. The molecule has 0 saturated carbocycles. The lowest BCUT2D eigenvalue weighted by molar-refractivity contribution is 0.536. The Bertz CT molecular complexity index is 925. The Morgan fingerprint density at radius 2 is 2.04 bits per heavy atom. The van der Waals surface area contributed by atoms with Crippen molar-refractivity contribution in [2.75, 3.05) is 13.1 Å². The van der Waals surface area contributed by atoms with Crippen LogP contribution in [0.15, 0.2) is 53.8 Å². The second-order valence-corrected chi connectivity index (χ2v) is 7.66. The first kappa shape index (κ1) is 17.5. The maximum atomic E-state index is 12.5. The smallest absolute Gasteiger partial charge is 0.240 e. The summed E-state index contributed by atoms with van der Waals surface area (Å²) in [6.07, 6.45) is 5.90. The van der Waals surface area contributed by atoms with E-state index in [2.05, 4.69) is 25.2 Å². The molecule has 8 heteroatoms. The van der Waals surface area contributed by atoms with Crippen LogP contribution >= 0.6 is 0 Å². The van der Waals surface area contributed by atoms with Crippen molar-refractivity contribution in [3.05, 3.63) is 54.6 Å². The van der Waals surface area contributed by atoms with Crippen molar-refractivity contribution >= 4 is 20.8 Å². The molecule has 1 atom stereocenters. The number of hydrogen-bond donors (Lipinski definition) is 3. The summed E-state index contributed by atoms with van der Waals surface area (Å²) < 4.78 is 27.8. The molecule has 0 aliphatic rings. The molecule has 0 radical (unpaired) electrons. The summed E-state index contributed by atoms with van der Waals surface area (Å²) in [6, 6.07) is 8.53. The predicted molar refractivity (Wildman–Crippen MR) is 96.7 cm³/mol. The van der Waals surface area contributed by atoms with Crippen LogP contribution in [0.1, 0.15) is 12.6 Å². The molecule has 25 heavy (non-hydrogen) atoms. The molecule has 0 bridgehead atoms. The lowest BCUT2D eigenvalue weighted by Gasteiger charge is -2.15. The highest BCUT2D eigenvalue weighted by molar-refractivity contribution is 7.89. The average molecular weight is 359 g/mol. The van der Waals surface area contributed by atoms with E-state index in [-0.39, 0.29) is 10.9 Å². The molecule has 0 spiro atoms. The first-order chi connectivity index (χ1) is 12.0. The number of hydrogen-bond acceptors (Lipinski definition) is 5. The molecule has 0 fully saturated rings. The molecule has 3 N–H and O–H groups in total. The summed E-state index contributed by atoms with van der Waals surface area (Å²) in [4.78, 5) is 4.29. The Morgan fingerprint density at radius 1 is 1.16 bits per heavy atom. The van der Waals surface area contributed by atoms with Crippen molar-refractivity contribution in [1.82, 2.24) is 25.2 Å². The maximum Gasteiger partial charge on any atom is 0.240 e. The molecule has 0 aliphatic heterocycles. The van der Waals surface area contributed by atoms with Gasteiger partial charge in [0.15, 0.2) is 0 Å². The van der Waals surface area contributed by atoms with Gasteiger partial charge in [-0.1, -0.05) is 6.07 Å². The molecule has 0 aliphatic carbocycles. The van der Waals surface area contributed by atoms with Gasteiger partial charge in [0.05, 0.1) is 4.90 Å². The highest BCUT2D eigenvalue weighted by atomic mass is 32.2.